The van der Waals surface area contributed by atoms with E-state index in [4.69, 9.17) is 99.5 Å². The largest absolute Gasteiger partial charge is 0.394 e. The number of aliphatic hydroxyl groups is 30. The van der Waals surface area contributed by atoms with Gasteiger partial charge in [0.15, 0.2) is 69.2 Å². The minimum atomic E-state index is -2.66. The maximum Gasteiger partial charge on any atom is 0.217 e. The fraction of sp³-hybridized carbons (Fsp3) is 0.946. The van der Waals surface area contributed by atoms with Crippen molar-refractivity contribution in [1.82, 2.24) is 21.3 Å². The van der Waals surface area contributed by atoms with Gasteiger partial charge in [0, 0.05) is 27.7 Å². The van der Waals surface area contributed by atoms with Crippen LogP contribution in [0.3, 0.4) is 0 Å². The Morgan fingerprint density at radius 1 is 0.211 bits per heavy atom. The minimum absolute atomic E-state index is 0.859. The van der Waals surface area contributed by atoms with Gasteiger partial charge in [-0.2, -0.15) is 0 Å². The highest BCUT2D eigenvalue weighted by atomic mass is 16.8. The molecule has 59 heteroatoms. The standard InChI is InChI=1S/C74H124N4O55/c1-16-35(91)46(102)51(107)68(115-16)113-15-30-59(42(98)31(64(112)116-30)75-17(2)87)126-65-32(76-18(3)88)43(99)58(27(12-85)122-65)129-72-55(111)61(131-74-63(50(106)39(95)24(9-82)121-74)133-67-34(78-20(5)90)44(100)56(26(11-84)124-67)127-69-52(108)47(103)36(92)21(6-79)117-69)41(97)29(125-72)14-114-73-62(49(105)38(94)23(8-81)120-73)132-66-33(77-19(4)89)45(101)57(28(13-86)123-66)128-71-54(110)60(40(96)25(10-83)119-71)130-70-53(109)48(104)37(93)22(7-80)118-70/h16,21-74,79-86,91-112H,6-15H2,1-5H3,(H,75,87)(H,76,88)(H,77,89)(H,78,90)/t16-,21+,22+,23+,24+,25+,26+,27+,28+,29+,30+,31+,32+,33+,34-,35+,36-,37-,38+,39+,40-,41+,42+,43+,44+,45+,46+,47-,48-,49-,50-,51-,52+,53+,54+,55-,56+,57+,58+,59+,60-,61-,62-,63-,64?,65-,66-,67-,68+,69-,70+,71-,72-,73-,74+/m0/s1. The van der Waals surface area contributed by atoms with E-state index >= 15 is 0 Å². The number of ether oxygens (including phenoxy) is 21. The lowest BCUT2D eigenvalue weighted by atomic mass is 9.93. The van der Waals surface area contributed by atoms with Crippen molar-refractivity contribution in [3.8, 4) is 0 Å². The van der Waals surface area contributed by atoms with Gasteiger partial charge in [-0.1, -0.05) is 0 Å². The molecule has 11 saturated heterocycles. The van der Waals surface area contributed by atoms with E-state index in [2.05, 4.69) is 21.3 Å². The normalized spacial score (nSPS) is 50.1. The van der Waals surface area contributed by atoms with Gasteiger partial charge in [0.1, 0.15) is 262 Å². The van der Waals surface area contributed by atoms with Crippen LogP contribution in [0, 0.1) is 0 Å². The van der Waals surface area contributed by atoms with Crippen LogP contribution in [0.4, 0.5) is 0 Å². The second-order valence-corrected chi connectivity index (χ2v) is 33.8. The van der Waals surface area contributed by atoms with Gasteiger partial charge in [-0.15, -0.1) is 0 Å². The van der Waals surface area contributed by atoms with E-state index in [0.29, 0.717) is 0 Å². The Morgan fingerprint density at radius 2 is 0.459 bits per heavy atom. The van der Waals surface area contributed by atoms with Crippen LogP contribution in [0.2, 0.25) is 0 Å². The van der Waals surface area contributed by atoms with E-state index in [-0.39, 0.29) is 0 Å². The Morgan fingerprint density at radius 3 is 0.842 bits per heavy atom. The molecule has 11 rings (SSSR count). The summed E-state index contributed by atoms with van der Waals surface area (Å²) in [5.74, 6) is -3.87. The molecule has 1 unspecified atom stereocenters. The molecular weight excluding hydrogens is 1820 g/mol. The summed E-state index contributed by atoms with van der Waals surface area (Å²) < 4.78 is 125. The zero-order chi connectivity index (χ0) is 97.8. The van der Waals surface area contributed by atoms with Crippen molar-refractivity contribution in [1.29, 1.82) is 0 Å². The highest BCUT2D eigenvalue weighted by molar-refractivity contribution is 5.74. The van der Waals surface area contributed by atoms with E-state index < -0.39 is 427 Å². The average molecular weight is 1950 g/mol. The molecule has 0 radical (unpaired) electrons. The van der Waals surface area contributed by atoms with E-state index in [1.165, 1.54) is 6.92 Å². The lowest BCUT2D eigenvalue weighted by Gasteiger charge is -2.51. The van der Waals surface area contributed by atoms with Crippen molar-refractivity contribution < 1.29 is 272 Å². The highest BCUT2D eigenvalue weighted by Crippen LogP contribution is 2.42. The van der Waals surface area contributed by atoms with Crippen LogP contribution >= 0.6 is 0 Å². The molecule has 0 aromatic carbocycles. The highest BCUT2D eigenvalue weighted by Gasteiger charge is 2.63. The van der Waals surface area contributed by atoms with E-state index in [1.54, 1.807) is 0 Å². The summed E-state index contributed by atoms with van der Waals surface area (Å²) in [6.07, 6.45) is -107. The predicted molar refractivity (Wildman–Crippen MR) is 407 cm³/mol. The van der Waals surface area contributed by atoms with E-state index in [1.807, 2.05) is 0 Å². The molecule has 133 heavy (non-hydrogen) atoms. The first-order valence-electron chi connectivity index (χ1n) is 42.5. The van der Waals surface area contributed by atoms with Crippen LogP contribution < -0.4 is 21.3 Å². The minimum Gasteiger partial charge on any atom is -0.394 e. The second kappa shape index (κ2) is 47.6. The maximum absolute atomic E-state index is 13.3. The van der Waals surface area contributed by atoms with E-state index in [9.17, 15) is 172 Å². The molecule has 4 amide bonds. The van der Waals surface area contributed by atoms with Gasteiger partial charge in [-0.3, -0.25) is 19.2 Å². The van der Waals surface area contributed by atoms with Gasteiger partial charge in [0.2, 0.25) is 23.6 Å². The van der Waals surface area contributed by atoms with E-state index in [0.717, 1.165) is 27.7 Å². The summed E-state index contributed by atoms with van der Waals surface area (Å²) >= 11 is 0. The predicted octanol–water partition coefficient (Wildman–Crippen LogP) is -23.4. The molecule has 0 aromatic rings. The first-order chi connectivity index (χ1) is 62.9. The molecule has 11 heterocycles. The Balaban J connectivity index is 0.911. The molecule has 0 aliphatic carbocycles. The average Bonchev–Trinajstić information content (AvgIpc) is 0.756. The molecule has 34 N–H and O–H groups in total. The fourth-order valence-corrected chi connectivity index (χ4v) is 17.3. The molecule has 0 bridgehead atoms. The van der Waals surface area contributed by atoms with Gasteiger partial charge in [-0.25, -0.2) is 0 Å². The monoisotopic (exact) mass is 1950 g/mol. The lowest BCUT2D eigenvalue weighted by Crippen LogP contribution is -2.71. The zero-order valence-corrected chi connectivity index (χ0v) is 71.4. The molecular formula is C74H124N4O55. The molecule has 0 aromatic heterocycles. The molecule has 0 saturated carbocycles. The Kier molecular flexibility index (Phi) is 39.1. The third-order valence-corrected chi connectivity index (χ3v) is 24.5. The fourth-order valence-electron chi connectivity index (χ4n) is 17.3. The van der Waals surface area contributed by atoms with Crippen molar-refractivity contribution in [2.24, 2.45) is 0 Å². The summed E-state index contributed by atoms with van der Waals surface area (Å²) in [6.45, 7) is -6.29. The molecule has 59 nitrogen and oxygen atoms in total. The van der Waals surface area contributed by atoms with Crippen LogP contribution in [0.25, 0.3) is 0 Å². The van der Waals surface area contributed by atoms with Crippen LogP contribution in [0.5, 0.6) is 0 Å². The van der Waals surface area contributed by atoms with Crippen molar-refractivity contribution in [3.63, 3.8) is 0 Å². The number of amides is 4. The van der Waals surface area contributed by atoms with Gasteiger partial charge in [-0.05, 0) is 6.92 Å². The second-order valence-electron chi connectivity index (χ2n) is 33.8. The van der Waals surface area contributed by atoms with Crippen LogP contribution in [-0.4, -0.2) is 580 Å². The van der Waals surface area contributed by atoms with Crippen LogP contribution in [-0.2, 0) is 119 Å². The van der Waals surface area contributed by atoms with Crippen molar-refractivity contribution in [2.75, 3.05) is 66.1 Å². The number of hydrogen-bond acceptors (Lipinski definition) is 55. The summed E-state index contributed by atoms with van der Waals surface area (Å²) in [6, 6.07) is -7.87. The maximum atomic E-state index is 13.3. The molecule has 11 aliphatic rings. The quantitative estimate of drug-likeness (QED) is 0.0284. The van der Waals surface area contributed by atoms with Crippen molar-refractivity contribution in [2.45, 2.75) is 372 Å². The SMILES string of the molecule is CC(=O)N[C@@H]1[C@H](O[C@@H]2[C@@H](O[C@@H]3[C@H](O)[C@H](O[C@H]4[C@H](O)[C@@H](NC(C)=O)[C@H](O[C@H]5[C@H](O)[C@@H](NC(C)=O)C(O)O[C@@H]5CO[C@@H]5O[C@@H](C)[C@@H](O)[C@@H](O)[C@@H]5O)O[C@@H]4CO)O[C@H](CO[C@H]4O[C@H](CO)[C@@H](O)[C@H](O)[C@@H]4O[C@@H]4O[C@H](CO)[C@@H](O[C@@H]5O[C@H](CO)[C@H](O)[C@H](O[C@H]6O[C@H](CO)[C@H](O)[C@H](O)[C@H]6O)[C@H]5O)[C@H](O)[C@H]4NC(C)=O)[C@H]3O)O[C@H](CO)[C@@H](O)[C@@H]2O)O[C@H](CO)[C@@H](O[C@@H]2O[C@H](CO)[C@H](O)[C@H](O)[C@H]2O)[C@@H]1O. The Hall–Kier alpha value is -4.16. The number of nitrogens with one attached hydrogen (secondary N) is 4. The summed E-state index contributed by atoms with van der Waals surface area (Å²) in [5, 5.41) is 345. The van der Waals surface area contributed by atoms with Crippen molar-refractivity contribution >= 4 is 23.6 Å². The molecule has 11 fully saturated rings. The van der Waals surface area contributed by atoms with Crippen LogP contribution in [0.15, 0.2) is 0 Å². The third-order valence-electron chi connectivity index (χ3n) is 24.5. The van der Waals surface area contributed by atoms with Gasteiger partial charge in [0.05, 0.1) is 72.2 Å². The number of aliphatic hydroxyl groups excluding tert-OH is 30. The van der Waals surface area contributed by atoms with Crippen molar-refractivity contribution in [3.05, 3.63) is 0 Å². The number of rotatable bonds is 34. The number of hydrogen-bond donors (Lipinski definition) is 34. The topological polar surface area (TPSA) is 917 Å². The zero-order valence-electron chi connectivity index (χ0n) is 71.4. The van der Waals surface area contributed by atoms with Gasteiger partial charge < -0.3 is 274 Å². The van der Waals surface area contributed by atoms with Gasteiger partial charge >= 0.3 is 0 Å². The number of carbonyl (C=O) groups excluding carboxylic acids is 4. The first kappa shape index (κ1) is 109. The molecule has 11 aliphatic heterocycles. The third kappa shape index (κ3) is 24.1. The summed E-state index contributed by atoms with van der Waals surface area (Å²) in [7, 11) is 0. The number of carbonyl (C=O) groups is 4. The first-order valence-corrected chi connectivity index (χ1v) is 42.5. The Labute approximate surface area is 752 Å². The Bertz CT molecular complexity index is 3630. The smallest absolute Gasteiger partial charge is 0.217 e. The molecule has 770 valence electrons. The summed E-state index contributed by atoms with van der Waals surface area (Å²) in [5.41, 5.74) is 0. The lowest BCUT2D eigenvalue weighted by molar-refractivity contribution is -0.399. The summed E-state index contributed by atoms with van der Waals surface area (Å²) in [4.78, 5) is 52.0. The molecule has 55 atom stereocenters. The molecule has 0 spiro atoms. The van der Waals surface area contributed by atoms with Gasteiger partial charge in [0.25, 0.3) is 0 Å². The van der Waals surface area contributed by atoms with Crippen LogP contribution in [0.1, 0.15) is 34.6 Å².